The van der Waals surface area contributed by atoms with E-state index in [4.69, 9.17) is 5.73 Å². The van der Waals surface area contributed by atoms with Gasteiger partial charge in [-0.15, -0.1) is 0 Å². The first-order valence-electron chi connectivity index (χ1n) is 7.06. The van der Waals surface area contributed by atoms with Crippen LogP contribution in [0.1, 0.15) is 30.9 Å². The Balaban J connectivity index is 1.63. The number of hydrogen-bond donors (Lipinski definition) is 1. The number of halogens is 2. The van der Waals surface area contributed by atoms with Crippen LogP contribution in [0.3, 0.4) is 0 Å². The maximum Gasteiger partial charge on any atom is 0.130 e. The monoisotopic (exact) mass is 266 g/mol. The second kappa shape index (κ2) is 5.17. The van der Waals surface area contributed by atoms with E-state index in [0.29, 0.717) is 12.1 Å². The predicted molar refractivity (Wildman–Crippen MR) is 70.6 cm³/mol. The number of benzene rings is 1. The lowest BCUT2D eigenvalue weighted by Gasteiger charge is -2.22. The quantitative estimate of drug-likeness (QED) is 0.911. The number of nitrogens with two attached hydrogens (primary N) is 1. The van der Waals surface area contributed by atoms with Crippen molar-refractivity contribution < 1.29 is 8.78 Å². The SMILES string of the molecule is NC(CN1CC2CCCC2C1)c1ccc(F)cc1F. The van der Waals surface area contributed by atoms with Gasteiger partial charge in [0.25, 0.3) is 0 Å². The minimum atomic E-state index is -0.552. The molecule has 3 rings (SSSR count). The topological polar surface area (TPSA) is 29.3 Å². The molecule has 1 aliphatic heterocycles. The van der Waals surface area contributed by atoms with E-state index in [1.807, 2.05) is 0 Å². The van der Waals surface area contributed by atoms with E-state index < -0.39 is 11.6 Å². The van der Waals surface area contributed by atoms with Crippen LogP contribution in [0.2, 0.25) is 0 Å². The fraction of sp³-hybridized carbons (Fsp3) is 0.600. The second-order valence-corrected chi connectivity index (χ2v) is 5.94. The smallest absolute Gasteiger partial charge is 0.130 e. The van der Waals surface area contributed by atoms with Crippen LogP contribution < -0.4 is 5.73 Å². The van der Waals surface area contributed by atoms with E-state index in [0.717, 1.165) is 31.0 Å². The Hall–Kier alpha value is -1.00. The zero-order valence-corrected chi connectivity index (χ0v) is 11.0. The minimum absolute atomic E-state index is 0.376. The molecule has 3 unspecified atom stereocenters. The molecule has 0 aromatic heterocycles. The Kier molecular flexibility index (Phi) is 3.54. The molecular weight excluding hydrogens is 246 g/mol. The molecule has 19 heavy (non-hydrogen) atoms. The molecule has 0 radical (unpaired) electrons. The van der Waals surface area contributed by atoms with Crippen LogP contribution in [0.25, 0.3) is 0 Å². The van der Waals surface area contributed by atoms with Crippen LogP contribution in [-0.2, 0) is 0 Å². The maximum absolute atomic E-state index is 13.7. The number of rotatable bonds is 3. The number of hydrogen-bond acceptors (Lipinski definition) is 2. The molecule has 1 aromatic rings. The molecule has 1 aromatic carbocycles. The molecule has 0 bridgehead atoms. The average molecular weight is 266 g/mol. The maximum atomic E-state index is 13.7. The van der Waals surface area contributed by atoms with Gasteiger partial charge in [-0.2, -0.15) is 0 Å². The Bertz CT molecular complexity index is 451. The van der Waals surface area contributed by atoms with Crippen molar-refractivity contribution in [1.82, 2.24) is 4.90 Å². The Morgan fingerprint density at radius 3 is 2.53 bits per heavy atom. The lowest BCUT2D eigenvalue weighted by Crippen LogP contribution is -2.31. The molecule has 3 atom stereocenters. The van der Waals surface area contributed by atoms with Gasteiger partial charge in [0.1, 0.15) is 11.6 Å². The number of nitrogens with zero attached hydrogens (tertiary/aromatic N) is 1. The van der Waals surface area contributed by atoms with Crippen molar-refractivity contribution >= 4 is 0 Å². The zero-order valence-electron chi connectivity index (χ0n) is 11.0. The van der Waals surface area contributed by atoms with E-state index in [2.05, 4.69) is 4.90 Å². The van der Waals surface area contributed by atoms with Crippen LogP contribution in [0.15, 0.2) is 18.2 Å². The summed E-state index contributed by atoms with van der Waals surface area (Å²) in [4.78, 5) is 2.34. The summed E-state index contributed by atoms with van der Waals surface area (Å²) in [6, 6.07) is 3.27. The summed E-state index contributed by atoms with van der Waals surface area (Å²) in [5.41, 5.74) is 6.49. The highest BCUT2D eigenvalue weighted by atomic mass is 19.1. The first kappa shape index (κ1) is 13.0. The van der Waals surface area contributed by atoms with Crippen molar-refractivity contribution in [2.24, 2.45) is 17.6 Å². The van der Waals surface area contributed by atoms with Crippen molar-refractivity contribution in [1.29, 1.82) is 0 Å². The fourth-order valence-corrected chi connectivity index (χ4v) is 3.66. The summed E-state index contributed by atoms with van der Waals surface area (Å²) >= 11 is 0. The molecule has 2 fully saturated rings. The molecule has 0 amide bonds. The fourth-order valence-electron chi connectivity index (χ4n) is 3.66. The highest BCUT2D eigenvalue weighted by Crippen LogP contribution is 2.38. The van der Waals surface area contributed by atoms with Crippen molar-refractivity contribution in [3.05, 3.63) is 35.4 Å². The van der Waals surface area contributed by atoms with Gasteiger partial charge in [-0.25, -0.2) is 8.78 Å². The molecule has 104 valence electrons. The first-order valence-corrected chi connectivity index (χ1v) is 7.06. The van der Waals surface area contributed by atoms with E-state index in [1.54, 1.807) is 0 Å². The zero-order chi connectivity index (χ0) is 13.4. The Labute approximate surface area is 112 Å². The molecule has 1 saturated heterocycles. The van der Waals surface area contributed by atoms with Crippen molar-refractivity contribution in [2.45, 2.75) is 25.3 Å². The minimum Gasteiger partial charge on any atom is -0.323 e. The summed E-state index contributed by atoms with van der Waals surface area (Å²) in [6.45, 7) is 2.83. The summed E-state index contributed by atoms with van der Waals surface area (Å²) in [5, 5.41) is 0. The van der Waals surface area contributed by atoms with Gasteiger partial charge in [-0.1, -0.05) is 12.5 Å². The normalized spacial score (nSPS) is 28.6. The summed E-state index contributed by atoms with van der Waals surface area (Å²) in [7, 11) is 0. The van der Waals surface area contributed by atoms with E-state index in [1.165, 1.54) is 31.4 Å². The van der Waals surface area contributed by atoms with Crippen LogP contribution >= 0.6 is 0 Å². The summed E-state index contributed by atoms with van der Waals surface area (Å²) < 4.78 is 26.5. The molecular formula is C15H20F2N2. The predicted octanol–water partition coefficient (Wildman–Crippen LogP) is 2.70. The highest BCUT2D eigenvalue weighted by Gasteiger charge is 2.36. The highest BCUT2D eigenvalue weighted by molar-refractivity contribution is 5.22. The Morgan fingerprint density at radius 2 is 1.89 bits per heavy atom. The standard InChI is InChI=1S/C15H20F2N2/c16-12-4-5-13(14(17)6-12)15(18)9-19-7-10-2-1-3-11(10)8-19/h4-6,10-11,15H,1-3,7-9,18H2. The molecule has 1 aliphatic carbocycles. The number of likely N-dealkylation sites (tertiary alicyclic amines) is 1. The Morgan fingerprint density at radius 1 is 1.21 bits per heavy atom. The first-order chi connectivity index (χ1) is 9.13. The number of fused-ring (bicyclic) bond motifs is 1. The van der Waals surface area contributed by atoms with Gasteiger partial charge < -0.3 is 10.6 Å². The van der Waals surface area contributed by atoms with Gasteiger partial charge in [0.05, 0.1) is 0 Å². The third kappa shape index (κ3) is 2.65. The summed E-state index contributed by atoms with van der Waals surface area (Å²) in [5.74, 6) is 0.534. The average Bonchev–Trinajstić information content (AvgIpc) is 2.89. The third-order valence-electron chi connectivity index (χ3n) is 4.62. The van der Waals surface area contributed by atoms with Gasteiger partial charge in [-0.3, -0.25) is 0 Å². The van der Waals surface area contributed by atoms with Crippen LogP contribution in [0.4, 0.5) is 8.78 Å². The molecule has 1 saturated carbocycles. The molecule has 1 heterocycles. The molecule has 4 heteroatoms. The van der Waals surface area contributed by atoms with Gasteiger partial charge in [0.2, 0.25) is 0 Å². The van der Waals surface area contributed by atoms with Gasteiger partial charge in [-0.05, 0) is 30.7 Å². The lowest BCUT2D eigenvalue weighted by molar-refractivity contribution is 0.289. The van der Waals surface area contributed by atoms with Crippen molar-refractivity contribution in [3.8, 4) is 0 Å². The van der Waals surface area contributed by atoms with Gasteiger partial charge in [0, 0.05) is 37.3 Å². The second-order valence-electron chi connectivity index (χ2n) is 5.94. The van der Waals surface area contributed by atoms with Crippen LogP contribution in [0.5, 0.6) is 0 Å². The van der Waals surface area contributed by atoms with Crippen LogP contribution in [-0.4, -0.2) is 24.5 Å². The lowest BCUT2D eigenvalue weighted by atomic mass is 10.0. The largest absolute Gasteiger partial charge is 0.323 e. The molecule has 2 N–H and O–H groups in total. The van der Waals surface area contributed by atoms with E-state index in [-0.39, 0.29) is 6.04 Å². The molecule has 2 aliphatic rings. The van der Waals surface area contributed by atoms with Crippen molar-refractivity contribution in [2.75, 3.05) is 19.6 Å². The molecule has 0 spiro atoms. The van der Waals surface area contributed by atoms with Crippen molar-refractivity contribution in [3.63, 3.8) is 0 Å². The summed E-state index contributed by atoms with van der Waals surface area (Å²) in [6.07, 6.45) is 3.99. The van der Waals surface area contributed by atoms with E-state index >= 15 is 0 Å². The van der Waals surface area contributed by atoms with Crippen LogP contribution in [0, 0.1) is 23.5 Å². The van der Waals surface area contributed by atoms with Gasteiger partial charge >= 0.3 is 0 Å². The third-order valence-corrected chi connectivity index (χ3v) is 4.62. The van der Waals surface area contributed by atoms with E-state index in [9.17, 15) is 8.78 Å². The van der Waals surface area contributed by atoms with Gasteiger partial charge in [0.15, 0.2) is 0 Å². The molecule has 2 nitrogen and oxygen atoms in total.